The molecule has 1 aromatic carbocycles. The number of aromatic nitrogens is 1. The van der Waals surface area contributed by atoms with Crippen LogP contribution in [0.25, 0.3) is 10.9 Å². The van der Waals surface area contributed by atoms with Gasteiger partial charge in [0.25, 0.3) is 5.56 Å². The molecule has 1 aromatic heterocycles. The summed E-state index contributed by atoms with van der Waals surface area (Å²) in [5, 5.41) is 6.44. The third kappa shape index (κ3) is 3.32. The third-order valence-electron chi connectivity index (χ3n) is 4.39. The van der Waals surface area contributed by atoms with E-state index in [4.69, 9.17) is 0 Å². The van der Waals surface area contributed by atoms with Crippen LogP contribution < -0.4 is 16.2 Å². The molecule has 1 saturated heterocycles. The Morgan fingerprint density at radius 2 is 2.04 bits per heavy atom. The Morgan fingerprint density at radius 1 is 1.25 bits per heavy atom. The van der Waals surface area contributed by atoms with E-state index in [0.717, 1.165) is 22.0 Å². The van der Waals surface area contributed by atoms with Gasteiger partial charge in [-0.25, -0.2) is 0 Å². The first-order valence-electron chi connectivity index (χ1n) is 8.14. The molecule has 3 rings (SSSR count). The van der Waals surface area contributed by atoms with E-state index in [1.54, 1.807) is 0 Å². The van der Waals surface area contributed by atoms with Gasteiger partial charge < -0.3 is 15.6 Å². The Hall–Kier alpha value is -2.63. The van der Waals surface area contributed by atoms with Crippen molar-refractivity contribution in [3.8, 4) is 0 Å². The van der Waals surface area contributed by atoms with Gasteiger partial charge in [0.1, 0.15) is 6.04 Å². The number of hydrogen-bond acceptors (Lipinski definition) is 3. The highest BCUT2D eigenvalue weighted by molar-refractivity contribution is 5.90. The number of carbonyl (C=O) groups excluding carboxylic acids is 2. The van der Waals surface area contributed by atoms with Crippen LogP contribution in [-0.2, 0) is 16.0 Å². The van der Waals surface area contributed by atoms with Crippen molar-refractivity contribution >= 4 is 22.7 Å². The molecule has 6 nitrogen and oxygen atoms in total. The molecule has 0 aliphatic carbocycles. The van der Waals surface area contributed by atoms with E-state index in [0.29, 0.717) is 31.4 Å². The van der Waals surface area contributed by atoms with Gasteiger partial charge in [-0.05, 0) is 49.9 Å². The summed E-state index contributed by atoms with van der Waals surface area (Å²) in [6, 6.07) is 5.48. The van der Waals surface area contributed by atoms with Gasteiger partial charge in [0.2, 0.25) is 11.8 Å². The average molecular weight is 327 g/mol. The molecule has 1 aliphatic heterocycles. The predicted molar refractivity (Wildman–Crippen MR) is 91.9 cm³/mol. The van der Waals surface area contributed by atoms with Gasteiger partial charge in [0.05, 0.1) is 0 Å². The fourth-order valence-electron chi connectivity index (χ4n) is 3.16. The second kappa shape index (κ2) is 6.47. The zero-order chi connectivity index (χ0) is 17.3. The molecule has 1 unspecified atom stereocenters. The third-order valence-corrected chi connectivity index (χ3v) is 4.39. The number of pyridine rings is 1. The Bertz CT molecular complexity index is 870. The maximum atomic E-state index is 12.2. The van der Waals surface area contributed by atoms with Gasteiger partial charge in [-0.2, -0.15) is 0 Å². The van der Waals surface area contributed by atoms with Gasteiger partial charge in [-0.3, -0.25) is 14.4 Å². The minimum absolute atomic E-state index is 0.0908. The normalized spacial score (nSPS) is 17.1. The first-order chi connectivity index (χ1) is 11.4. The van der Waals surface area contributed by atoms with Crippen molar-refractivity contribution in [3.63, 3.8) is 0 Å². The smallest absolute Gasteiger partial charge is 0.251 e. The highest BCUT2D eigenvalue weighted by Gasteiger charge is 2.26. The van der Waals surface area contributed by atoms with Crippen molar-refractivity contribution in [1.82, 2.24) is 15.6 Å². The highest BCUT2D eigenvalue weighted by atomic mass is 16.2. The molecular weight excluding hydrogens is 306 g/mol. The molecule has 2 amide bonds. The van der Waals surface area contributed by atoms with E-state index in [1.807, 2.05) is 26.0 Å². The number of nitrogens with one attached hydrogen (secondary N) is 3. The van der Waals surface area contributed by atoms with E-state index >= 15 is 0 Å². The lowest BCUT2D eigenvalue weighted by molar-refractivity contribution is -0.125. The van der Waals surface area contributed by atoms with Crippen LogP contribution >= 0.6 is 0 Å². The van der Waals surface area contributed by atoms with Gasteiger partial charge in [0.15, 0.2) is 0 Å². The van der Waals surface area contributed by atoms with Crippen LogP contribution in [0, 0.1) is 13.8 Å². The summed E-state index contributed by atoms with van der Waals surface area (Å²) in [5.74, 6) is -0.281. The number of hydrogen-bond donors (Lipinski definition) is 3. The summed E-state index contributed by atoms with van der Waals surface area (Å²) in [6.45, 7) is 4.38. The van der Waals surface area contributed by atoms with Crippen LogP contribution in [-0.4, -0.2) is 29.4 Å². The summed E-state index contributed by atoms with van der Waals surface area (Å²) in [6.07, 6.45) is 1.37. The zero-order valence-electron chi connectivity index (χ0n) is 13.9. The molecule has 1 aliphatic rings. The Labute approximate surface area is 139 Å². The quantitative estimate of drug-likeness (QED) is 0.785. The number of aryl methyl sites for hydroxylation is 2. The van der Waals surface area contributed by atoms with Crippen LogP contribution in [0.1, 0.15) is 29.5 Å². The largest absolute Gasteiger partial charge is 0.354 e. The molecule has 0 radical (unpaired) electrons. The van der Waals surface area contributed by atoms with Crippen LogP contribution in [0.2, 0.25) is 0 Å². The number of H-pyrrole nitrogens is 1. The van der Waals surface area contributed by atoms with Gasteiger partial charge in [-0.15, -0.1) is 0 Å². The van der Waals surface area contributed by atoms with Crippen molar-refractivity contribution < 1.29 is 9.59 Å². The number of amides is 2. The van der Waals surface area contributed by atoms with Crippen molar-refractivity contribution in [3.05, 3.63) is 45.2 Å². The summed E-state index contributed by atoms with van der Waals surface area (Å²) in [7, 11) is 0. The maximum Gasteiger partial charge on any atom is 0.251 e. The number of benzene rings is 1. The molecule has 6 heteroatoms. The molecule has 0 spiro atoms. The molecule has 0 saturated carbocycles. The molecule has 2 heterocycles. The number of carbonyl (C=O) groups is 2. The molecule has 1 atom stereocenters. The Kier molecular flexibility index (Phi) is 4.38. The van der Waals surface area contributed by atoms with Crippen LogP contribution in [0.15, 0.2) is 23.0 Å². The van der Waals surface area contributed by atoms with E-state index in [2.05, 4.69) is 21.7 Å². The minimum atomic E-state index is -0.447. The lowest BCUT2D eigenvalue weighted by Gasteiger charge is -2.11. The zero-order valence-corrected chi connectivity index (χ0v) is 13.9. The van der Waals surface area contributed by atoms with E-state index in [9.17, 15) is 14.4 Å². The summed E-state index contributed by atoms with van der Waals surface area (Å²) in [5.41, 5.74) is 3.56. The Morgan fingerprint density at radius 3 is 2.75 bits per heavy atom. The molecule has 0 bridgehead atoms. The second-order valence-electron chi connectivity index (χ2n) is 6.37. The summed E-state index contributed by atoms with van der Waals surface area (Å²) in [4.78, 5) is 38.2. The summed E-state index contributed by atoms with van der Waals surface area (Å²) >= 11 is 0. The fraction of sp³-hybridized carbons (Fsp3) is 0.389. The van der Waals surface area contributed by atoms with Gasteiger partial charge >= 0.3 is 0 Å². The molecule has 24 heavy (non-hydrogen) atoms. The molecule has 1 fully saturated rings. The highest BCUT2D eigenvalue weighted by Crippen LogP contribution is 2.18. The van der Waals surface area contributed by atoms with E-state index in [-0.39, 0.29) is 17.4 Å². The maximum absolute atomic E-state index is 12.2. The minimum Gasteiger partial charge on any atom is -0.354 e. The predicted octanol–water partition coefficient (Wildman–Crippen LogP) is 1.08. The summed E-state index contributed by atoms with van der Waals surface area (Å²) < 4.78 is 0. The number of aromatic amines is 1. The van der Waals surface area contributed by atoms with Crippen LogP contribution in [0.4, 0.5) is 0 Å². The van der Waals surface area contributed by atoms with Crippen LogP contribution in [0.5, 0.6) is 0 Å². The monoisotopic (exact) mass is 327 g/mol. The molecular formula is C18H21N3O3. The van der Waals surface area contributed by atoms with Gasteiger partial charge in [0, 0.05) is 29.4 Å². The standard InChI is InChI=1S/C18H21N3O3/c1-10-7-11(2)13-9-12(17(23)21-15(13)8-10)5-6-19-18(24)14-3-4-16(22)20-14/h7-9,14H,3-6H2,1-2H3,(H,19,24)(H,20,22)(H,21,23). The van der Waals surface area contributed by atoms with Crippen LogP contribution in [0.3, 0.4) is 0 Å². The van der Waals surface area contributed by atoms with E-state index < -0.39 is 6.04 Å². The fourth-order valence-corrected chi connectivity index (χ4v) is 3.16. The SMILES string of the molecule is Cc1cc(C)c2cc(CCNC(=O)C3CCC(=O)N3)c(=O)[nH]c2c1. The van der Waals surface area contributed by atoms with Gasteiger partial charge in [-0.1, -0.05) is 6.07 Å². The number of rotatable bonds is 4. The van der Waals surface area contributed by atoms with Crippen molar-refractivity contribution in [2.75, 3.05) is 6.54 Å². The first kappa shape index (κ1) is 16.2. The second-order valence-corrected chi connectivity index (χ2v) is 6.37. The lowest BCUT2D eigenvalue weighted by atomic mass is 10.0. The van der Waals surface area contributed by atoms with E-state index in [1.165, 1.54) is 0 Å². The molecule has 3 N–H and O–H groups in total. The first-order valence-corrected chi connectivity index (χ1v) is 8.14. The lowest BCUT2D eigenvalue weighted by Crippen LogP contribution is -2.42. The Balaban J connectivity index is 1.69. The van der Waals surface area contributed by atoms with Crippen molar-refractivity contribution in [1.29, 1.82) is 0 Å². The average Bonchev–Trinajstić information content (AvgIpc) is 2.94. The molecule has 126 valence electrons. The van der Waals surface area contributed by atoms with Crippen molar-refractivity contribution in [2.45, 2.75) is 39.2 Å². The topological polar surface area (TPSA) is 91.1 Å². The number of fused-ring (bicyclic) bond motifs is 1. The van der Waals surface area contributed by atoms with Crippen molar-refractivity contribution in [2.24, 2.45) is 0 Å². The molecule has 2 aromatic rings.